The molecule has 1 amide bonds. The fourth-order valence-corrected chi connectivity index (χ4v) is 3.09. The van der Waals surface area contributed by atoms with Crippen LogP contribution in [0.4, 0.5) is 5.69 Å². The number of likely N-dealkylation sites (N-methyl/N-ethyl adjacent to an activating group) is 1. The molecule has 6 nitrogen and oxygen atoms in total. The number of nitrogens with one attached hydrogen (secondary N) is 1. The summed E-state index contributed by atoms with van der Waals surface area (Å²) in [4.78, 5) is 24.6. The lowest BCUT2D eigenvalue weighted by atomic mass is 10.0. The summed E-state index contributed by atoms with van der Waals surface area (Å²) in [6.07, 6.45) is 2.04. The van der Waals surface area contributed by atoms with Crippen LogP contribution < -0.4 is 5.32 Å². The van der Waals surface area contributed by atoms with Gasteiger partial charge >= 0.3 is 0 Å². The van der Waals surface area contributed by atoms with Crippen molar-refractivity contribution in [2.24, 2.45) is 0 Å². The van der Waals surface area contributed by atoms with Gasteiger partial charge in [-0.15, -0.1) is 12.4 Å². The maximum absolute atomic E-state index is 12.5. The zero-order valence-corrected chi connectivity index (χ0v) is 14.5. The Morgan fingerprint density at radius 2 is 2.24 bits per heavy atom. The van der Waals surface area contributed by atoms with Crippen molar-refractivity contribution < 1.29 is 9.72 Å². The van der Waals surface area contributed by atoms with E-state index in [0.717, 1.165) is 19.4 Å². The van der Waals surface area contributed by atoms with Gasteiger partial charge in [0.15, 0.2) is 0 Å². The number of likely N-dealkylation sites (tertiary alicyclic amines) is 1. The molecule has 116 valence electrons. The number of rotatable bonds is 3. The minimum atomic E-state index is -0.450. The van der Waals surface area contributed by atoms with Gasteiger partial charge in [-0.05, 0) is 48.5 Å². The first-order chi connectivity index (χ1) is 9.52. The van der Waals surface area contributed by atoms with Crippen LogP contribution in [-0.4, -0.2) is 41.9 Å². The van der Waals surface area contributed by atoms with E-state index in [1.165, 1.54) is 12.1 Å². The molecule has 0 aliphatic carbocycles. The topological polar surface area (TPSA) is 75.5 Å². The fourth-order valence-electron chi connectivity index (χ4n) is 2.36. The molecule has 0 spiro atoms. The Morgan fingerprint density at radius 3 is 2.81 bits per heavy atom. The van der Waals surface area contributed by atoms with Crippen LogP contribution in [0.5, 0.6) is 0 Å². The predicted octanol–water partition coefficient (Wildman–Crippen LogP) is 2.45. The maximum Gasteiger partial charge on any atom is 0.270 e. The number of amides is 1. The number of halogens is 2. The highest BCUT2D eigenvalue weighted by Gasteiger charge is 2.25. The molecule has 1 aliphatic rings. The van der Waals surface area contributed by atoms with Crippen molar-refractivity contribution in [3.63, 3.8) is 0 Å². The lowest BCUT2D eigenvalue weighted by molar-refractivity contribution is -0.384. The molecule has 0 saturated carbocycles. The van der Waals surface area contributed by atoms with Crippen LogP contribution in [0.25, 0.3) is 0 Å². The van der Waals surface area contributed by atoms with E-state index in [9.17, 15) is 14.9 Å². The molecular formula is C13H17ClIN3O3. The van der Waals surface area contributed by atoms with E-state index < -0.39 is 4.92 Å². The van der Waals surface area contributed by atoms with Crippen LogP contribution >= 0.6 is 35.0 Å². The van der Waals surface area contributed by atoms with E-state index in [2.05, 4.69) is 5.32 Å². The van der Waals surface area contributed by atoms with Crippen molar-refractivity contribution >= 4 is 46.6 Å². The van der Waals surface area contributed by atoms with Crippen LogP contribution in [0.15, 0.2) is 18.2 Å². The third-order valence-electron chi connectivity index (χ3n) is 3.51. The second-order valence-corrected chi connectivity index (χ2v) is 5.96. The van der Waals surface area contributed by atoms with Gasteiger partial charge in [-0.25, -0.2) is 0 Å². The van der Waals surface area contributed by atoms with Gasteiger partial charge in [0.1, 0.15) is 0 Å². The molecule has 0 radical (unpaired) electrons. The zero-order valence-electron chi connectivity index (χ0n) is 11.5. The lowest BCUT2D eigenvalue weighted by Gasteiger charge is -2.32. The Bertz CT molecular complexity index is 541. The highest BCUT2D eigenvalue weighted by molar-refractivity contribution is 14.1. The molecule has 2 rings (SSSR count). The Morgan fingerprint density at radius 1 is 1.52 bits per heavy atom. The molecule has 0 bridgehead atoms. The second kappa shape index (κ2) is 7.90. The number of carbonyl (C=O) groups is 1. The summed E-state index contributed by atoms with van der Waals surface area (Å²) in [6, 6.07) is 4.69. The third-order valence-corrected chi connectivity index (χ3v) is 4.40. The van der Waals surface area contributed by atoms with E-state index >= 15 is 0 Å². The first-order valence-electron chi connectivity index (χ1n) is 6.43. The van der Waals surface area contributed by atoms with Crippen LogP contribution in [-0.2, 0) is 0 Å². The van der Waals surface area contributed by atoms with Gasteiger partial charge in [-0.2, -0.15) is 0 Å². The molecular weight excluding hydrogens is 409 g/mol. The van der Waals surface area contributed by atoms with Crippen LogP contribution in [0, 0.1) is 13.7 Å². The van der Waals surface area contributed by atoms with Gasteiger partial charge < -0.3 is 10.2 Å². The van der Waals surface area contributed by atoms with Crippen molar-refractivity contribution in [3.05, 3.63) is 37.4 Å². The number of nitro benzene ring substituents is 1. The Balaban J connectivity index is 0.00000220. The van der Waals surface area contributed by atoms with Gasteiger partial charge in [-0.1, -0.05) is 0 Å². The molecule has 21 heavy (non-hydrogen) atoms. The number of carbonyl (C=O) groups excluding carboxylic acids is 1. The zero-order chi connectivity index (χ0) is 14.7. The first kappa shape index (κ1) is 18.1. The Labute approximate surface area is 143 Å². The second-order valence-electron chi connectivity index (χ2n) is 4.80. The average molecular weight is 426 g/mol. The highest BCUT2D eigenvalue weighted by atomic mass is 127. The number of non-ortho nitro benzene ring substituents is 1. The SMILES string of the molecule is CNC1CCCN(C(=O)c2ccc([N+](=O)[O-])cc2I)C1.Cl. The van der Waals surface area contributed by atoms with Crippen molar-refractivity contribution in [1.29, 1.82) is 0 Å². The molecule has 1 fully saturated rings. The summed E-state index contributed by atoms with van der Waals surface area (Å²) < 4.78 is 0.619. The monoisotopic (exact) mass is 425 g/mol. The number of nitrogens with zero attached hydrogens (tertiary/aromatic N) is 2. The molecule has 1 atom stereocenters. The quantitative estimate of drug-likeness (QED) is 0.458. The van der Waals surface area contributed by atoms with E-state index in [4.69, 9.17) is 0 Å². The van der Waals surface area contributed by atoms with Crippen molar-refractivity contribution in [2.75, 3.05) is 20.1 Å². The average Bonchev–Trinajstić information content (AvgIpc) is 2.46. The Kier molecular flexibility index (Phi) is 6.82. The predicted molar refractivity (Wildman–Crippen MR) is 91.0 cm³/mol. The molecule has 1 unspecified atom stereocenters. The van der Waals surface area contributed by atoms with Crippen molar-refractivity contribution in [3.8, 4) is 0 Å². The van der Waals surface area contributed by atoms with E-state index in [1.807, 2.05) is 34.5 Å². The van der Waals surface area contributed by atoms with Gasteiger partial charge in [-0.3, -0.25) is 14.9 Å². The minimum absolute atomic E-state index is 0. The van der Waals surface area contributed by atoms with Gasteiger partial charge in [0.05, 0.1) is 10.5 Å². The molecule has 1 aliphatic heterocycles. The molecule has 8 heteroatoms. The van der Waals surface area contributed by atoms with Crippen molar-refractivity contribution in [1.82, 2.24) is 10.2 Å². The van der Waals surface area contributed by atoms with Crippen LogP contribution in [0.2, 0.25) is 0 Å². The van der Waals surface area contributed by atoms with E-state index in [1.54, 1.807) is 6.07 Å². The molecule has 1 saturated heterocycles. The number of benzene rings is 1. The van der Waals surface area contributed by atoms with Gasteiger partial charge in [0.2, 0.25) is 0 Å². The molecule has 1 heterocycles. The van der Waals surface area contributed by atoms with Crippen LogP contribution in [0.3, 0.4) is 0 Å². The summed E-state index contributed by atoms with van der Waals surface area (Å²) in [5.74, 6) is -0.0516. The lowest BCUT2D eigenvalue weighted by Crippen LogP contribution is -2.47. The largest absolute Gasteiger partial charge is 0.337 e. The van der Waals surface area contributed by atoms with Crippen molar-refractivity contribution in [2.45, 2.75) is 18.9 Å². The molecule has 1 aromatic carbocycles. The summed E-state index contributed by atoms with van der Waals surface area (Å²) >= 11 is 1.98. The molecule has 1 aromatic rings. The van der Waals surface area contributed by atoms with E-state index in [0.29, 0.717) is 21.7 Å². The Hall–Kier alpha value is -0.930. The summed E-state index contributed by atoms with van der Waals surface area (Å²) in [5.41, 5.74) is 0.547. The summed E-state index contributed by atoms with van der Waals surface area (Å²) in [5, 5.41) is 13.9. The van der Waals surface area contributed by atoms with E-state index in [-0.39, 0.29) is 24.0 Å². The van der Waals surface area contributed by atoms with Gasteiger partial charge in [0.25, 0.3) is 11.6 Å². The number of nitro groups is 1. The summed E-state index contributed by atoms with van der Waals surface area (Å²) in [7, 11) is 1.90. The normalized spacial score (nSPS) is 18.0. The fraction of sp³-hybridized carbons (Fsp3) is 0.462. The number of piperidine rings is 1. The highest BCUT2D eigenvalue weighted by Crippen LogP contribution is 2.22. The number of hydrogen-bond acceptors (Lipinski definition) is 4. The summed E-state index contributed by atoms with van der Waals surface area (Å²) in [6.45, 7) is 1.42. The van der Waals surface area contributed by atoms with Gasteiger partial charge in [0, 0.05) is 34.8 Å². The molecule has 1 N–H and O–H groups in total. The first-order valence-corrected chi connectivity index (χ1v) is 7.51. The maximum atomic E-state index is 12.5. The minimum Gasteiger partial charge on any atom is -0.337 e. The standard InChI is InChI=1S/C13H16IN3O3.ClH/c1-15-9-3-2-6-16(8-9)13(18)11-5-4-10(17(19)20)7-12(11)14;/h4-5,7,9,15H,2-3,6,8H2,1H3;1H. The van der Waals surface area contributed by atoms with Crippen LogP contribution in [0.1, 0.15) is 23.2 Å². The third kappa shape index (κ3) is 4.27. The number of hydrogen-bond donors (Lipinski definition) is 1. The smallest absolute Gasteiger partial charge is 0.270 e. The molecule has 0 aromatic heterocycles.